The van der Waals surface area contributed by atoms with Crippen LogP contribution >= 0.6 is 11.8 Å². The van der Waals surface area contributed by atoms with Crippen molar-refractivity contribution in [3.63, 3.8) is 0 Å². The summed E-state index contributed by atoms with van der Waals surface area (Å²) in [6.07, 6.45) is 4.52. The summed E-state index contributed by atoms with van der Waals surface area (Å²) in [4.78, 5) is 17.7. The zero-order chi connectivity index (χ0) is 15.3. The van der Waals surface area contributed by atoms with Crippen molar-refractivity contribution >= 4 is 17.6 Å². The highest BCUT2D eigenvalue weighted by Gasteiger charge is 2.19. The molecule has 0 bridgehead atoms. The predicted molar refractivity (Wildman–Crippen MR) is 85.7 cm³/mol. The number of hydrogen-bond acceptors (Lipinski definition) is 6. The summed E-state index contributed by atoms with van der Waals surface area (Å²) >= 11 is 1.45. The molecule has 21 heavy (non-hydrogen) atoms. The SMILES string of the molecule is CCCNc1cc(Sc2ncccn2)nc(C(C)(C)C)n1. The lowest BCUT2D eigenvalue weighted by Crippen LogP contribution is -2.18. The van der Waals surface area contributed by atoms with E-state index in [1.165, 1.54) is 11.8 Å². The van der Waals surface area contributed by atoms with Crippen molar-refractivity contribution in [1.82, 2.24) is 19.9 Å². The highest BCUT2D eigenvalue weighted by atomic mass is 32.2. The van der Waals surface area contributed by atoms with E-state index in [1.54, 1.807) is 18.5 Å². The monoisotopic (exact) mass is 303 g/mol. The molecule has 0 atom stereocenters. The van der Waals surface area contributed by atoms with E-state index in [0.717, 1.165) is 29.6 Å². The van der Waals surface area contributed by atoms with Crippen molar-refractivity contribution in [1.29, 1.82) is 0 Å². The quantitative estimate of drug-likeness (QED) is 0.673. The van der Waals surface area contributed by atoms with Crippen molar-refractivity contribution in [2.75, 3.05) is 11.9 Å². The molecule has 0 aromatic carbocycles. The Kier molecular flexibility index (Phi) is 5.12. The van der Waals surface area contributed by atoms with E-state index in [9.17, 15) is 0 Å². The van der Waals surface area contributed by atoms with Gasteiger partial charge in [0, 0.05) is 30.4 Å². The maximum Gasteiger partial charge on any atom is 0.193 e. The normalized spacial score (nSPS) is 11.4. The van der Waals surface area contributed by atoms with Crippen molar-refractivity contribution in [3.8, 4) is 0 Å². The van der Waals surface area contributed by atoms with Crippen LogP contribution in [0.15, 0.2) is 34.7 Å². The molecule has 6 heteroatoms. The van der Waals surface area contributed by atoms with Gasteiger partial charge in [0.05, 0.1) is 0 Å². The molecule has 0 radical (unpaired) electrons. The molecule has 2 heterocycles. The summed E-state index contributed by atoms with van der Waals surface area (Å²) in [5.41, 5.74) is -0.100. The Morgan fingerprint density at radius 3 is 2.48 bits per heavy atom. The molecule has 112 valence electrons. The van der Waals surface area contributed by atoms with Gasteiger partial charge in [0.15, 0.2) is 5.16 Å². The van der Waals surface area contributed by atoms with E-state index in [-0.39, 0.29) is 5.41 Å². The lowest BCUT2D eigenvalue weighted by atomic mass is 9.96. The number of nitrogens with one attached hydrogen (secondary N) is 1. The van der Waals surface area contributed by atoms with Crippen LogP contribution < -0.4 is 5.32 Å². The van der Waals surface area contributed by atoms with Crippen molar-refractivity contribution in [3.05, 3.63) is 30.4 Å². The van der Waals surface area contributed by atoms with E-state index in [0.29, 0.717) is 5.16 Å². The summed E-state index contributed by atoms with van der Waals surface area (Å²) in [5, 5.41) is 4.88. The Morgan fingerprint density at radius 1 is 1.14 bits per heavy atom. The minimum absolute atomic E-state index is 0.100. The zero-order valence-electron chi connectivity index (χ0n) is 12.9. The molecule has 2 rings (SSSR count). The molecule has 0 amide bonds. The number of aromatic nitrogens is 4. The molecule has 1 N–H and O–H groups in total. The van der Waals surface area contributed by atoms with Crippen LogP contribution in [0, 0.1) is 0 Å². The average Bonchev–Trinajstić information content (AvgIpc) is 2.45. The molecule has 0 spiro atoms. The number of rotatable bonds is 5. The number of anilines is 1. The number of hydrogen-bond donors (Lipinski definition) is 1. The van der Waals surface area contributed by atoms with Gasteiger partial charge >= 0.3 is 0 Å². The minimum atomic E-state index is -0.100. The fourth-order valence-corrected chi connectivity index (χ4v) is 2.30. The summed E-state index contributed by atoms with van der Waals surface area (Å²) in [6, 6.07) is 3.75. The van der Waals surface area contributed by atoms with Crippen LogP contribution in [0.4, 0.5) is 5.82 Å². The first kappa shape index (κ1) is 15.7. The Hall–Kier alpha value is -1.69. The van der Waals surface area contributed by atoms with Crippen molar-refractivity contribution < 1.29 is 0 Å². The standard InChI is InChI=1S/C15H21N5S/c1-5-7-16-11-10-12(20-13(19-11)15(2,3)4)21-14-17-8-6-9-18-14/h6,8-10H,5,7H2,1-4H3,(H,16,19,20). The highest BCUT2D eigenvalue weighted by Crippen LogP contribution is 2.27. The third-order valence-electron chi connectivity index (χ3n) is 2.67. The summed E-state index contributed by atoms with van der Waals surface area (Å²) in [6.45, 7) is 9.36. The molecule has 0 saturated heterocycles. The molecular formula is C15H21N5S. The lowest BCUT2D eigenvalue weighted by Gasteiger charge is -2.18. The fraction of sp³-hybridized carbons (Fsp3) is 0.467. The van der Waals surface area contributed by atoms with Gasteiger partial charge in [-0.3, -0.25) is 0 Å². The molecule has 2 aromatic heterocycles. The third kappa shape index (κ3) is 4.67. The molecule has 0 unspecified atom stereocenters. The molecule has 0 fully saturated rings. The van der Waals surface area contributed by atoms with E-state index in [2.05, 4.69) is 52.9 Å². The van der Waals surface area contributed by atoms with Crippen LogP contribution in [0.5, 0.6) is 0 Å². The van der Waals surface area contributed by atoms with Gasteiger partial charge < -0.3 is 5.32 Å². The van der Waals surface area contributed by atoms with Gasteiger partial charge in [-0.2, -0.15) is 0 Å². The molecule has 2 aromatic rings. The first-order valence-corrected chi connectivity index (χ1v) is 7.89. The van der Waals surface area contributed by atoms with E-state index in [1.807, 2.05) is 6.07 Å². The highest BCUT2D eigenvalue weighted by molar-refractivity contribution is 7.99. The van der Waals surface area contributed by atoms with Crippen molar-refractivity contribution in [2.45, 2.75) is 49.7 Å². The van der Waals surface area contributed by atoms with Crippen LogP contribution in [0.3, 0.4) is 0 Å². The van der Waals surface area contributed by atoms with Gasteiger partial charge in [-0.1, -0.05) is 27.7 Å². The second kappa shape index (κ2) is 6.85. The van der Waals surface area contributed by atoms with Crippen LogP contribution in [0.2, 0.25) is 0 Å². The van der Waals surface area contributed by atoms with Crippen LogP contribution in [-0.2, 0) is 5.41 Å². The predicted octanol–water partition coefficient (Wildman–Crippen LogP) is 3.54. The van der Waals surface area contributed by atoms with Crippen LogP contribution in [-0.4, -0.2) is 26.5 Å². The maximum absolute atomic E-state index is 4.64. The average molecular weight is 303 g/mol. The van der Waals surface area contributed by atoms with Crippen LogP contribution in [0.25, 0.3) is 0 Å². The van der Waals surface area contributed by atoms with Gasteiger partial charge in [-0.05, 0) is 24.2 Å². The molecule has 0 aliphatic heterocycles. The Bertz CT molecular complexity index is 580. The van der Waals surface area contributed by atoms with Gasteiger partial charge in [-0.15, -0.1) is 0 Å². The van der Waals surface area contributed by atoms with Gasteiger partial charge in [0.2, 0.25) is 0 Å². The third-order valence-corrected chi connectivity index (χ3v) is 3.48. The summed E-state index contributed by atoms with van der Waals surface area (Å²) < 4.78 is 0. The first-order valence-electron chi connectivity index (χ1n) is 7.07. The van der Waals surface area contributed by atoms with Gasteiger partial charge in [-0.25, -0.2) is 19.9 Å². The fourth-order valence-electron chi connectivity index (χ4n) is 1.59. The molecule has 0 aliphatic rings. The van der Waals surface area contributed by atoms with E-state index >= 15 is 0 Å². The Morgan fingerprint density at radius 2 is 1.86 bits per heavy atom. The number of nitrogens with zero attached hydrogens (tertiary/aromatic N) is 4. The summed E-state index contributed by atoms with van der Waals surface area (Å²) in [5.74, 6) is 1.68. The second-order valence-corrected chi connectivity index (χ2v) is 6.71. The van der Waals surface area contributed by atoms with Crippen LogP contribution in [0.1, 0.15) is 39.9 Å². The lowest BCUT2D eigenvalue weighted by molar-refractivity contribution is 0.539. The largest absolute Gasteiger partial charge is 0.370 e. The molecular weight excluding hydrogens is 282 g/mol. The zero-order valence-corrected chi connectivity index (χ0v) is 13.7. The van der Waals surface area contributed by atoms with Crippen molar-refractivity contribution in [2.24, 2.45) is 0 Å². The van der Waals surface area contributed by atoms with Gasteiger partial charge in [0.1, 0.15) is 16.7 Å². The smallest absolute Gasteiger partial charge is 0.193 e. The first-order chi connectivity index (χ1) is 9.99. The summed E-state index contributed by atoms with van der Waals surface area (Å²) in [7, 11) is 0. The minimum Gasteiger partial charge on any atom is -0.370 e. The van der Waals surface area contributed by atoms with E-state index < -0.39 is 0 Å². The topological polar surface area (TPSA) is 63.6 Å². The maximum atomic E-state index is 4.64. The molecule has 0 aliphatic carbocycles. The Balaban J connectivity index is 2.30. The molecule has 0 saturated carbocycles. The Labute approximate surface area is 130 Å². The second-order valence-electron chi connectivity index (χ2n) is 5.73. The van der Waals surface area contributed by atoms with E-state index in [4.69, 9.17) is 0 Å². The molecule has 5 nitrogen and oxygen atoms in total. The van der Waals surface area contributed by atoms with Gasteiger partial charge in [0.25, 0.3) is 0 Å².